The number of hydrogen-bond donors (Lipinski definition) is 0. The monoisotopic (exact) mass is 279 g/mol. The third-order valence-electron chi connectivity index (χ3n) is 2.21. The smallest absolute Gasteiger partial charge is 0.270 e. The molecule has 1 rings (SSSR count). The lowest BCUT2D eigenvalue weighted by molar-refractivity contribution is -0.384. The van der Waals surface area contributed by atoms with Crippen LogP contribution >= 0.6 is 11.8 Å². The first-order valence-electron chi connectivity index (χ1n) is 5.57. The van der Waals surface area contributed by atoms with Crippen molar-refractivity contribution in [2.75, 3.05) is 5.75 Å². The van der Waals surface area contributed by atoms with Crippen molar-refractivity contribution in [2.24, 2.45) is 0 Å². The summed E-state index contributed by atoms with van der Waals surface area (Å²) in [6.45, 7) is 1.51. The number of non-ortho nitro benzene ring substituents is 1. The number of nitrogens with zero attached hydrogens (tertiary/aromatic N) is 1. The highest BCUT2D eigenvalue weighted by atomic mass is 32.2. The van der Waals surface area contributed by atoms with E-state index in [4.69, 9.17) is 0 Å². The van der Waals surface area contributed by atoms with E-state index in [1.54, 1.807) is 12.1 Å². The molecule has 1 aromatic rings. The van der Waals surface area contributed by atoms with Gasteiger partial charge in [-0.3, -0.25) is 19.7 Å². The van der Waals surface area contributed by atoms with Crippen LogP contribution in [0.25, 0.3) is 6.08 Å². The topological polar surface area (TPSA) is 77.3 Å². The molecule has 0 aliphatic carbocycles. The second-order valence-electron chi connectivity index (χ2n) is 3.76. The van der Waals surface area contributed by atoms with Gasteiger partial charge in [0.1, 0.15) is 6.29 Å². The Morgan fingerprint density at radius 2 is 2.05 bits per heavy atom. The van der Waals surface area contributed by atoms with Crippen LogP contribution in [0.1, 0.15) is 29.3 Å². The maximum absolute atomic E-state index is 10.7. The quantitative estimate of drug-likeness (QED) is 0.346. The van der Waals surface area contributed by atoms with E-state index in [-0.39, 0.29) is 16.4 Å². The van der Waals surface area contributed by atoms with Crippen molar-refractivity contribution >= 4 is 34.9 Å². The maximum Gasteiger partial charge on any atom is 0.270 e. The molecule has 0 atom stereocenters. The number of benzene rings is 1. The van der Waals surface area contributed by atoms with Gasteiger partial charge >= 0.3 is 0 Å². The van der Waals surface area contributed by atoms with Crippen LogP contribution in [-0.2, 0) is 4.79 Å². The van der Waals surface area contributed by atoms with Crippen LogP contribution in [0, 0.1) is 10.1 Å². The zero-order valence-corrected chi connectivity index (χ0v) is 11.2. The minimum atomic E-state index is -0.532. The Morgan fingerprint density at radius 1 is 1.37 bits per heavy atom. The van der Waals surface area contributed by atoms with E-state index in [1.807, 2.05) is 6.08 Å². The first kappa shape index (κ1) is 15.1. The molecule has 0 saturated heterocycles. The third-order valence-corrected chi connectivity index (χ3v) is 3.06. The molecule has 0 radical (unpaired) electrons. The van der Waals surface area contributed by atoms with Gasteiger partial charge < -0.3 is 0 Å². The molecule has 0 spiro atoms. The number of aldehydes is 1. The molecule has 0 fully saturated rings. The van der Waals surface area contributed by atoms with Crippen LogP contribution in [0.15, 0.2) is 24.3 Å². The number of nitro groups is 1. The minimum absolute atomic E-state index is 0.0620. The fourth-order valence-electron chi connectivity index (χ4n) is 1.42. The Balaban J connectivity index is 2.74. The molecule has 5 nitrogen and oxygen atoms in total. The Kier molecular flexibility index (Phi) is 5.95. The van der Waals surface area contributed by atoms with Crippen molar-refractivity contribution in [2.45, 2.75) is 13.3 Å². The van der Waals surface area contributed by atoms with E-state index in [9.17, 15) is 19.7 Å². The number of rotatable bonds is 6. The van der Waals surface area contributed by atoms with Crippen LogP contribution in [0.5, 0.6) is 0 Å². The molecular weight excluding hydrogens is 266 g/mol. The van der Waals surface area contributed by atoms with Crippen LogP contribution in [0.4, 0.5) is 5.69 Å². The molecule has 0 aromatic heterocycles. The highest BCUT2D eigenvalue weighted by Crippen LogP contribution is 2.17. The number of thioether (sulfide) groups is 1. The van der Waals surface area contributed by atoms with Gasteiger partial charge in [-0.05, 0) is 18.1 Å². The first-order chi connectivity index (χ1) is 9.02. The largest absolute Gasteiger partial charge is 0.298 e. The average Bonchev–Trinajstić information content (AvgIpc) is 2.37. The van der Waals surface area contributed by atoms with Crippen molar-refractivity contribution in [3.05, 3.63) is 45.5 Å². The lowest BCUT2D eigenvalue weighted by Gasteiger charge is -1.97. The van der Waals surface area contributed by atoms with Gasteiger partial charge in [0.05, 0.1) is 4.92 Å². The minimum Gasteiger partial charge on any atom is -0.298 e. The van der Waals surface area contributed by atoms with Gasteiger partial charge in [-0.2, -0.15) is 0 Å². The molecule has 0 unspecified atom stereocenters. The summed E-state index contributed by atoms with van der Waals surface area (Å²) in [6, 6.07) is 4.21. The fourth-order valence-corrected chi connectivity index (χ4v) is 1.96. The standard InChI is InChI=1S/C13H13NO4S/c1-10(16)19-5-3-2-4-11-6-12(9-15)8-13(7-11)14(17)18/h2,4,6-9H,3,5H2,1H3. The van der Waals surface area contributed by atoms with E-state index in [1.165, 1.54) is 30.8 Å². The number of carbonyl (C=O) groups excluding carboxylic acids is 2. The Hall–Kier alpha value is -1.95. The Morgan fingerprint density at radius 3 is 2.63 bits per heavy atom. The summed E-state index contributed by atoms with van der Waals surface area (Å²) in [5.74, 6) is 0.668. The summed E-state index contributed by atoms with van der Waals surface area (Å²) in [5, 5.41) is 10.8. The van der Waals surface area contributed by atoms with Crippen LogP contribution < -0.4 is 0 Å². The van der Waals surface area contributed by atoms with Gasteiger partial charge in [-0.1, -0.05) is 23.9 Å². The maximum atomic E-state index is 10.7. The molecule has 0 aliphatic rings. The molecule has 0 saturated carbocycles. The lowest BCUT2D eigenvalue weighted by Crippen LogP contribution is -1.91. The van der Waals surface area contributed by atoms with Gasteiger partial charge in [-0.15, -0.1) is 0 Å². The summed E-state index contributed by atoms with van der Waals surface area (Å²) in [5.41, 5.74) is 0.762. The molecular formula is C13H13NO4S. The highest BCUT2D eigenvalue weighted by Gasteiger charge is 2.07. The van der Waals surface area contributed by atoms with Crippen LogP contribution in [-0.4, -0.2) is 22.1 Å². The SMILES string of the molecule is CC(=O)SCCC=Cc1cc(C=O)cc([N+](=O)[O-])c1. The third kappa shape index (κ3) is 5.48. The lowest BCUT2D eigenvalue weighted by atomic mass is 10.1. The van der Waals surface area contributed by atoms with Gasteiger partial charge in [0, 0.05) is 30.4 Å². The average molecular weight is 279 g/mol. The summed E-state index contributed by atoms with van der Waals surface area (Å²) >= 11 is 1.23. The van der Waals surface area contributed by atoms with E-state index in [0.29, 0.717) is 24.0 Å². The molecule has 0 bridgehead atoms. The zero-order valence-electron chi connectivity index (χ0n) is 10.4. The molecule has 100 valence electrons. The van der Waals surface area contributed by atoms with Crippen molar-refractivity contribution in [3.8, 4) is 0 Å². The molecule has 0 aliphatic heterocycles. The van der Waals surface area contributed by atoms with E-state index < -0.39 is 4.92 Å². The van der Waals surface area contributed by atoms with Crippen LogP contribution in [0.3, 0.4) is 0 Å². The summed E-state index contributed by atoms with van der Waals surface area (Å²) < 4.78 is 0. The predicted molar refractivity (Wildman–Crippen MR) is 75.3 cm³/mol. The summed E-state index contributed by atoms with van der Waals surface area (Å²) in [6.07, 6.45) is 4.80. The highest BCUT2D eigenvalue weighted by molar-refractivity contribution is 8.13. The number of allylic oxidation sites excluding steroid dienone is 1. The van der Waals surface area contributed by atoms with Crippen LogP contribution in [0.2, 0.25) is 0 Å². The normalized spacial score (nSPS) is 10.6. The predicted octanol–water partition coefficient (Wildman–Crippen LogP) is 3.09. The number of hydrogen-bond acceptors (Lipinski definition) is 5. The summed E-state index contributed by atoms with van der Waals surface area (Å²) in [4.78, 5) is 31.6. The molecule has 0 N–H and O–H groups in total. The van der Waals surface area contributed by atoms with Crippen molar-refractivity contribution in [3.63, 3.8) is 0 Å². The Labute approximate surface area is 114 Å². The second kappa shape index (κ2) is 7.48. The van der Waals surface area contributed by atoms with Gasteiger partial charge in [0.15, 0.2) is 5.12 Å². The van der Waals surface area contributed by atoms with E-state index in [2.05, 4.69) is 0 Å². The molecule has 0 amide bonds. The number of nitro benzene ring substituents is 1. The van der Waals surface area contributed by atoms with Crippen molar-refractivity contribution in [1.29, 1.82) is 0 Å². The zero-order chi connectivity index (χ0) is 14.3. The van der Waals surface area contributed by atoms with Crippen molar-refractivity contribution in [1.82, 2.24) is 0 Å². The molecule has 0 heterocycles. The van der Waals surface area contributed by atoms with Gasteiger partial charge in [0.25, 0.3) is 5.69 Å². The molecule has 6 heteroatoms. The molecule has 19 heavy (non-hydrogen) atoms. The van der Waals surface area contributed by atoms with E-state index >= 15 is 0 Å². The fraction of sp³-hybridized carbons (Fsp3) is 0.231. The second-order valence-corrected chi connectivity index (χ2v) is 5.04. The van der Waals surface area contributed by atoms with Crippen molar-refractivity contribution < 1.29 is 14.5 Å². The summed E-state index contributed by atoms with van der Waals surface area (Å²) in [7, 11) is 0. The Bertz CT molecular complexity index is 525. The van der Waals surface area contributed by atoms with Gasteiger partial charge in [0.2, 0.25) is 0 Å². The first-order valence-corrected chi connectivity index (χ1v) is 6.56. The van der Waals surface area contributed by atoms with E-state index in [0.717, 1.165) is 0 Å². The molecule has 1 aromatic carbocycles. The van der Waals surface area contributed by atoms with Gasteiger partial charge in [-0.25, -0.2) is 0 Å². The number of carbonyl (C=O) groups is 2.